The molecule has 106 valence electrons. The first kappa shape index (κ1) is 13.6. The summed E-state index contributed by atoms with van der Waals surface area (Å²) < 4.78 is 37.8. The zero-order chi connectivity index (χ0) is 15.0. The van der Waals surface area contributed by atoms with E-state index in [4.69, 9.17) is 0 Å². The number of rotatable bonds is 1. The molecule has 3 rings (SSSR count). The maximum Gasteiger partial charge on any atom is 0.416 e. The van der Waals surface area contributed by atoms with Crippen molar-refractivity contribution in [2.75, 3.05) is 0 Å². The molecule has 0 aliphatic rings. The molecule has 0 spiro atoms. The maximum atomic E-state index is 12.6. The molecule has 0 amide bonds. The Morgan fingerprint density at radius 3 is 2.10 bits per heavy atom. The molecule has 0 saturated heterocycles. The summed E-state index contributed by atoms with van der Waals surface area (Å²) >= 11 is 0. The van der Waals surface area contributed by atoms with E-state index >= 15 is 0 Å². The minimum atomic E-state index is -4.32. The topological polar surface area (TPSA) is 12.9 Å². The van der Waals surface area contributed by atoms with E-state index in [9.17, 15) is 13.2 Å². The van der Waals surface area contributed by atoms with Crippen molar-refractivity contribution in [1.82, 2.24) is 4.98 Å². The second kappa shape index (κ2) is 4.88. The molecule has 1 aromatic heterocycles. The highest BCUT2D eigenvalue weighted by Gasteiger charge is 2.30. The zero-order valence-corrected chi connectivity index (χ0v) is 11.3. The number of nitrogens with zero attached hydrogens (tertiary/aromatic N) is 1. The van der Waals surface area contributed by atoms with Crippen LogP contribution in [0.3, 0.4) is 0 Å². The van der Waals surface area contributed by atoms with E-state index in [1.54, 1.807) is 6.20 Å². The monoisotopic (exact) mass is 287 g/mol. The van der Waals surface area contributed by atoms with E-state index in [2.05, 4.69) is 4.98 Å². The molecule has 3 aromatic rings. The van der Waals surface area contributed by atoms with E-state index < -0.39 is 11.7 Å². The van der Waals surface area contributed by atoms with Gasteiger partial charge in [-0.05, 0) is 30.0 Å². The average molecular weight is 287 g/mol. The molecule has 0 bridgehead atoms. The van der Waals surface area contributed by atoms with Crippen LogP contribution in [0.4, 0.5) is 13.2 Å². The summed E-state index contributed by atoms with van der Waals surface area (Å²) in [7, 11) is 0. The van der Waals surface area contributed by atoms with Crippen molar-refractivity contribution in [3.05, 3.63) is 65.9 Å². The van der Waals surface area contributed by atoms with Crippen molar-refractivity contribution in [3.63, 3.8) is 0 Å². The van der Waals surface area contributed by atoms with Crippen LogP contribution in [0.2, 0.25) is 0 Å². The van der Waals surface area contributed by atoms with Gasteiger partial charge in [-0.3, -0.25) is 4.98 Å². The second-order valence-corrected chi connectivity index (χ2v) is 4.91. The van der Waals surface area contributed by atoms with Gasteiger partial charge in [0.1, 0.15) is 0 Å². The average Bonchev–Trinajstić information content (AvgIpc) is 2.47. The quantitative estimate of drug-likeness (QED) is 0.597. The summed E-state index contributed by atoms with van der Waals surface area (Å²) in [6.45, 7) is 1.96. The van der Waals surface area contributed by atoms with Crippen molar-refractivity contribution in [3.8, 4) is 11.3 Å². The summed E-state index contributed by atoms with van der Waals surface area (Å²) in [6.07, 6.45) is -2.57. The van der Waals surface area contributed by atoms with Gasteiger partial charge in [0.15, 0.2) is 0 Å². The van der Waals surface area contributed by atoms with Crippen LogP contribution in [0.5, 0.6) is 0 Å². The maximum absolute atomic E-state index is 12.6. The molecule has 2 aromatic carbocycles. The molecule has 1 heterocycles. The van der Waals surface area contributed by atoms with Crippen LogP contribution in [0, 0.1) is 6.92 Å². The lowest BCUT2D eigenvalue weighted by molar-refractivity contribution is -0.137. The van der Waals surface area contributed by atoms with Crippen LogP contribution in [-0.4, -0.2) is 4.98 Å². The van der Waals surface area contributed by atoms with Crippen LogP contribution >= 0.6 is 0 Å². The van der Waals surface area contributed by atoms with Gasteiger partial charge in [0.05, 0.1) is 11.3 Å². The zero-order valence-electron chi connectivity index (χ0n) is 11.3. The molecule has 0 aliphatic carbocycles. The summed E-state index contributed by atoms with van der Waals surface area (Å²) in [5.74, 6) is 0. The summed E-state index contributed by atoms with van der Waals surface area (Å²) in [6, 6.07) is 12.9. The third-order valence-corrected chi connectivity index (χ3v) is 3.48. The molecule has 0 unspecified atom stereocenters. The molecule has 0 aliphatic heterocycles. The van der Waals surface area contributed by atoms with Gasteiger partial charge >= 0.3 is 6.18 Å². The molecule has 1 nitrogen and oxygen atoms in total. The predicted molar refractivity (Wildman–Crippen MR) is 76.9 cm³/mol. The molecule has 0 saturated carbocycles. The van der Waals surface area contributed by atoms with Crippen LogP contribution in [-0.2, 0) is 6.18 Å². The van der Waals surface area contributed by atoms with Crippen molar-refractivity contribution in [2.24, 2.45) is 0 Å². The molecule has 21 heavy (non-hydrogen) atoms. The molecule has 0 atom stereocenters. The van der Waals surface area contributed by atoms with Crippen molar-refractivity contribution in [2.45, 2.75) is 13.1 Å². The SMILES string of the molecule is Cc1cnc(-c2ccc(C(F)(F)F)cc2)c2ccccc12. The Labute approximate surface area is 120 Å². The summed E-state index contributed by atoms with van der Waals surface area (Å²) in [4.78, 5) is 4.39. The fourth-order valence-electron chi connectivity index (χ4n) is 2.38. The van der Waals surface area contributed by atoms with Gasteiger partial charge in [-0.25, -0.2) is 0 Å². The number of benzene rings is 2. The van der Waals surface area contributed by atoms with Gasteiger partial charge in [-0.15, -0.1) is 0 Å². The first-order valence-corrected chi connectivity index (χ1v) is 6.49. The molecular weight excluding hydrogens is 275 g/mol. The first-order valence-electron chi connectivity index (χ1n) is 6.49. The third-order valence-electron chi connectivity index (χ3n) is 3.48. The van der Waals surface area contributed by atoms with Gasteiger partial charge in [0.25, 0.3) is 0 Å². The lowest BCUT2D eigenvalue weighted by Gasteiger charge is -2.10. The molecular formula is C17H12F3N. The molecule has 0 fully saturated rings. The Morgan fingerprint density at radius 1 is 0.857 bits per heavy atom. The van der Waals surface area contributed by atoms with Crippen LogP contribution < -0.4 is 0 Å². The predicted octanol–water partition coefficient (Wildman–Crippen LogP) is 5.23. The van der Waals surface area contributed by atoms with Crippen molar-refractivity contribution in [1.29, 1.82) is 0 Å². The van der Waals surface area contributed by atoms with Crippen LogP contribution in [0.15, 0.2) is 54.7 Å². The van der Waals surface area contributed by atoms with Gasteiger partial charge in [0, 0.05) is 17.1 Å². The van der Waals surface area contributed by atoms with E-state index in [1.165, 1.54) is 12.1 Å². The molecule has 4 heteroatoms. The standard InChI is InChI=1S/C17H12F3N/c1-11-10-21-16(15-5-3-2-4-14(11)15)12-6-8-13(9-7-12)17(18,19)20/h2-10H,1H3. The van der Waals surface area contributed by atoms with E-state index in [0.717, 1.165) is 28.5 Å². The number of alkyl halides is 3. The molecule has 0 N–H and O–H groups in total. The van der Waals surface area contributed by atoms with E-state index in [0.29, 0.717) is 11.3 Å². The number of pyridine rings is 1. The second-order valence-electron chi connectivity index (χ2n) is 4.91. The third kappa shape index (κ3) is 2.49. The highest BCUT2D eigenvalue weighted by atomic mass is 19.4. The van der Waals surface area contributed by atoms with Gasteiger partial charge < -0.3 is 0 Å². The van der Waals surface area contributed by atoms with Gasteiger partial charge in [0.2, 0.25) is 0 Å². The smallest absolute Gasteiger partial charge is 0.255 e. The van der Waals surface area contributed by atoms with Gasteiger partial charge in [-0.2, -0.15) is 13.2 Å². The Kier molecular flexibility index (Phi) is 3.16. The summed E-state index contributed by atoms with van der Waals surface area (Å²) in [5.41, 5.74) is 1.77. The number of hydrogen-bond acceptors (Lipinski definition) is 1. The number of aryl methyl sites for hydroxylation is 1. The van der Waals surface area contributed by atoms with E-state index in [1.807, 2.05) is 31.2 Å². The lowest BCUT2D eigenvalue weighted by Crippen LogP contribution is -2.04. The van der Waals surface area contributed by atoms with Crippen LogP contribution in [0.1, 0.15) is 11.1 Å². The Morgan fingerprint density at radius 2 is 1.48 bits per heavy atom. The fraction of sp³-hybridized carbons (Fsp3) is 0.118. The normalized spacial score (nSPS) is 11.8. The number of fused-ring (bicyclic) bond motifs is 1. The Bertz CT molecular complexity index is 789. The number of halogens is 3. The largest absolute Gasteiger partial charge is 0.416 e. The number of hydrogen-bond donors (Lipinski definition) is 0. The van der Waals surface area contributed by atoms with Crippen molar-refractivity contribution >= 4 is 10.8 Å². The Balaban J connectivity index is 2.15. The highest BCUT2D eigenvalue weighted by Crippen LogP contribution is 2.32. The minimum absolute atomic E-state index is 0.650. The minimum Gasteiger partial charge on any atom is -0.255 e. The van der Waals surface area contributed by atoms with E-state index in [-0.39, 0.29) is 0 Å². The fourth-order valence-corrected chi connectivity index (χ4v) is 2.38. The summed E-state index contributed by atoms with van der Waals surface area (Å²) in [5, 5.41) is 2.00. The Hall–Kier alpha value is -2.36. The van der Waals surface area contributed by atoms with Gasteiger partial charge in [-0.1, -0.05) is 36.4 Å². The van der Waals surface area contributed by atoms with Crippen molar-refractivity contribution < 1.29 is 13.2 Å². The van der Waals surface area contributed by atoms with Crippen LogP contribution in [0.25, 0.3) is 22.0 Å². The number of aromatic nitrogens is 1. The molecule has 0 radical (unpaired) electrons. The lowest BCUT2D eigenvalue weighted by atomic mass is 10.0. The first-order chi connectivity index (χ1) is 9.97. The highest BCUT2D eigenvalue weighted by molar-refractivity contribution is 5.96.